The average Bonchev–Trinajstić information content (AvgIpc) is 3.34. The van der Waals surface area contributed by atoms with Crippen molar-refractivity contribution < 1.29 is 28.8 Å². The molecule has 0 aromatic heterocycles. The first-order valence-electron chi connectivity index (χ1n) is 11.2. The summed E-state index contributed by atoms with van der Waals surface area (Å²) in [6, 6.07) is 6.03. The second-order valence-corrected chi connectivity index (χ2v) is 8.74. The molecule has 0 spiro atoms. The molecule has 1 aromatic rings. The van der Waals surface area contributed by atoms with Crippen molar-refractivity contribution in [3.63, 3.8) is 0 Å². The number of anilines is 1. The first kappa shape index (κ1) is 21.5. The van der Waals surface area contributed by atoms with E-state index in [-0.39, 0.29) is 30.2 Å². The number of benzene rings is 1. The molecule has 3 heterocycles. The minimum atomic E-state index is -0.454. The number of ether oxygens (including phenoxy) is 1. The van der Waals surface area contributed by atoms with Crippen LogP contribution in [0.1, 0.15) is 48.9 Å². The number of esters is 1. The van der Waals surface area contributed by atoms with E-state index in [1.54, 1.807) is 24.3 Å². The van der Waals surface area contributed by atoms with Crippen LogP contribution in [-0.4, -0.2) is 67.9 Å². The molecule has 31 heavy (non-hydrogen) atoms. The van der Waals surface area contributed by atoms with Crippen LogP contribution >= 0.6 is 0 Å². The Morgan fingerprint density at radius 2 is 1.81 bits per heavy atom. The Morgan fingerprint density at radius 1 is 1.10 bits per heavy atom. The number of amides is 3. The number of nitrogens with zero attached hydrogens (tertiary/aromatic N) is 2. The molecule has 3 saturated heterocycles. The standard InChI is InChI=1S/C23H29N3O5/c1-31-23(30)17-4-6-18(7-5-17)26-21(28)15-19(22(26)29)24-12-8-16(9-13-24)10-14-25-11-2-3-20(25)27/h4-7,16,19H,2-3,8-15H2,1H3/p+1/t19-/m1/s1. The van der Waals surface area contributed by atoms with Crippen molar-refractivity contribution in [2.24, 2.45) is 5.92 Å². The number of imide groups is 1. The molecule has 3 aliphatic heterocycles. The number of methoxy groups -OCH3 is 1. The van der Waals surface area contributed by atoms with Crippen molar-refractivity contribution in [2.45, 2.75) is 44.6 Å². The van der Waals surface area contributed by atoms with Crippen LogP contribution < -0.4 is 9.80 Å². The molecule has 0 bridgehead atoms. The van der Waals surface area contributed by atoms with E-state index in [9.17, 15) is 19.2 Å². The zero-order valence-electron chi connectivity index (χ0n) is 18.0. The lowest BCUT2D eigenvalue weighted by Crippen LogP contribution is -3.17. The van der Waals surface area contributed by atoms with E-state index < -0.39 is 5.97 Å². The molecule has 8 nitrogen and oxygen atoms in total. The Hall–Kier alpha value is -2.74. The number of piperidine rings is 1. The smallest absolute Gasteiger partial charge is 0.337 e. The minimum absolute atomic E-state index is 0.160. The molecule has 0 saturated carbocycles. The molecular formula is C23H30N3O5+. The summed E-state index contributed by atoms with van der Waals surface area (Å²) in [6.45, 7) is 3.47. The number of hydrogen-bond donors (Lipinski definition) is 1. The largest absolute Gasteiger partial charge is 0.465 e. The summed E-state index contributed by atoms with van der Waals surface area (Å²) in [5.74, 6) is 0.0454. The molecule has 3 aliphatic rings. The van der Waals surface area contributed by atoms with E-state index in [0.717, 1.165) is 51.9 Å². The summed E-state index contributed by atoms with van der Waals surface area (Å²) in [4.78, 5) is 53.5. The lowest BCUT2D eigenvalue weighted by atomic mass is 9.92. The maximum Gasteiger partial charge on any atom is 0.337 e. The Labute approximate surface area is 182 Å². The van der Waals surface area contributed by atoms with Gasteiger partial charge in [-0.15, -0.1) is 0 Å². The van der Waals surface area contributed by atoms with Gasteiger partial charge in [-0.05, 0) is 55.9 Å². The highest BCUT2D eigenvalue weighted by atomic mass is 16.5. The van der Waals surface area contributed by atoms with Crippen LogP contribution in [0.3, 0.4) is 0 Å². The Morgan fingerprint density at radius 3 is 2.42 bits per heavy atom. The van der Waals surface area contributed by atoms with E-state index in [0.29, 0.717) is 23.6 Å². The molecule has 1 aromatic carbocycles. The van der Waals surface area contributed by atoms with Gasteiger partial charge >= 0.3 is 5.97 Å². The number of nitrogens with one attached hydrogen (secondary N) is 1. The van der Waals surface area contributed by atoms with Crippen molar-refractivity contribution in [3.8, 4) is 0 Å². The highest BCUT2D eigenvalue weighted by Crippen LogP contribution is 2.24. The number of rotatable bonds is 6. The molecule has 166 valence electrons. The summed E-state index contributed by atoms with van der Waals surface area (Å²) in [6.07, 6.45) is 4.94. The minimum Gasteiger partial charge on any atom is -0.465 e. The maximum absolute atomic E-state index is 13.1. The molecule has 0 aliphatic carbocycles. The lowest BCUT2D eigenvalue weighted by molar-refractivity contribution is -0.920. The third-order valence-corrected chi connectivity index (χ3v) is 6.91. The van der Waals surface area contributed by atoms with Gasteiger partial charge in [-0.25, -0.2) is 9.69 Å². The highest BCUT2D eigenvalue weighted by Gasteiger charge is 2.46. The van der Waals surface area contributed by atoms with Gasteiger partial charge in [-0.2, -0.15) is 0 Å². The van der Waals surface area contributed by atoms with E-state index in [2.05, 4.69) is 0 Å². The topological polar surface area (TPSA) is 88.4 Å². The molecule has 1 N–H and O–H groups in total. The number of carbonyl (C=O) groups is 4. The average molecular weight is 429 g/mol. The summed E-state index contributed by atoms with van der Waals surface area (Å²) in [7, 11) is 1.31. The number of quaternary nitrogens is 1. The summed E-state index contributed by atoms with van der Waals surface area (Å²) < 4.78 is 4.69. The third-order valence-electron chi connectivity index (χ3n) is 6.91. The number of likely N-dealkylation sites (tertiary alicyclic amines) is 2. The zero-order chi connectivity index (χ0) is 22.0. The second kappa shape index (κ2) is 9.18. The van der Waals surface area contributed by atoms with Crippen molar-refractivity contribution in [1.29, 1.82) is 0 Å². The molecule has 8 heteroatoms. The Bertz CT molecular complexity index is 860. The predicted octanol–water partition coefficient (Wildman–Crippen LogP) is 0.413. The van der Waals surface area contributed by atoms with E-state index in [1.165, 1.54) is 16.9 Å². The highest BCUT2D eigenvalue weighted by molar-refractivity contribution is 6.22. The molecule has 0 radical (unpaired) electrons. The third kappa shape index (κ3) is 4.49. The van der Waals surface area contributed by atoms with Crippen LogP contribution in [0.2, 0.25) is 0 Å². The van der Waals surface area contributed by atoms with Gasteiger partial charge in [-0.3, -0.25) is 14.4 Å². The van der Waals surface area contributed by atoms with Crippen molar-refractivity contribution >= 4 is 29.4 Å². The maximum atomic E-state index is 13.1. The van der Waals surface area contributed by atoms with Crippen LogP contribution in [0.4, 0.5) is 5.69 Å². The van der Waals surface area contributed by atoms with Gasteiger partial charge in [0.1, 0.15) is 0 Å². The molecule has 3 amide bonds. The Balaban J connectivity index is 1.32. The van der Waals surface area contributed by atoms with E-state index in [4.69, 9.17) is 4.74 Å². The second-order valence-electron chi connectivity index (χ2n) is 8.74. The van der Waals surface area contributed by atoms with Crippen molar-refractivity contribution in [3.05, 3.63) is 29.8 Å². The monoisotopic (exact) mass is 428 g/mol. The van der Waals surface area contributed by atoms with Gasteiger partial charge in [0.2, 0.25) is 11.8 Å². The quantitative estimate of drug-likeness (QED) is 0.524. The summed E-state index contributed by atoms with van der Waals surface area (Å²) >= 11 is 0. The van der Waals surface area contributed by atoms with E-state index in [1.807, 2.05) is 4.90 Å². The first-order chi connectivity index (χ1) is 15.0. The fraction of sp³-hybridized carbons (Fsp3) is 0.565. The molecular weight excluding hydrogens is 398 g/mol. The van der Waals surface area contributed by atoms with Crippen molar-refractivity contribution in [1.82, 2.24) is 4.90 Å². The van der Waals surface area contributed by atoms with Crippen LogP contribution in [-0.2, 0) is 19.1 Å². The van der Waals surface area contributed by atoms with Crippen LogP contribution in [0.15, 0.2) is 24.3 Å². The van der Waals surface area contributed by atoms with Gasteiger partial charge in [0.25, 0.3) is 5.91 Å². The summed E-state index contributed by atoms with van der Waals surface area (Å²) in [5.41, 5.74) is 0.875. The predicted molar refractivity (Wildman–Crippen MR) is 113 cm³/mol. The van der Waals surface area contributed by atoms with Crippen LogP contribution in [0.5, 0.6) is 0 Å². The van der Waals surface area contributed by atoms with Crippen molar-refractivity contribution in [2.75, 3.05) is 38.2 Å². The van der Waals surface area contributed by atoms with Gasteiger partial charge in [0.15, 0.2) is 6.04 Å². The lowest BCUT2D eigenvalue weighted by Gasteiger charge is -2.32. The molecule has 1 atom stereocenters. The first-order valence-corrected chi connectivity index (χ1v) is 11.2. The Kier molecular flexibility index (Phi) is 6.36. The zero-order valence-corrected chi connectivity index (χ0v) is 18.0. The van der Waals surface area contributed by atoms with Gasteiger partial charge in [0, 0.05) is 19.5 Å². The number of carbonyl (C=O) groups excluding carboxylic acids is 4. The fourth-order valence-electron chi connectivity index (χ4n) is 5.05. The SMILES string of the molecule is COC(=O)c1ccc(N2C(=O)C[C@@H]([NH+]3CCC(CCN4CCCC4=O)CC3)C2=O)cc1. The van der Waals surface area contributed by atoms with Gasteiger partial charge in [-0.1, -0.05) is 0 Å². The molecule has 0 unspecified atom stereocenters. The molecule has 3 fully saturated rings. The number of hydrogen-bond acceptors (Lipinski definition) is 5. The van der Waals surface area contributed by atoms with E-state index >= 15 is 0 Å². The fourth-order valence-corrected chi connectivity index (χ4v) is 5.05. The summed E-state index contributed by atoms with van der Waals surface area (Å²) in [5, 5.41) is 0. The van der Waals surface area contributed by atoms with Gasteiger partial charge < -0.3 is 14.5 Å². The van der Waals surface area contributed by atoms with Crippen LogP contribution in [0.25, 0.3) is 0 Å². The normalized spacial score (nSPS) is 26.6. The molecule has 4 rings (SSSR count). The van der Waals surface area contributed by atoms with Crippen LogP contribution in [0, 0.1) is 5.92 Å². The van der Waals surface area contributed by atoms with Gasteiger partial charge in [0.05, 0.1) is 37.9 Å².